The molecule has 2 aromatic rings. The fraction of sp³-hybridized carbons (Fsp3) is 0.0714. The van der Waals surface area contributed by atoms with E-state index in [4.69, 9.17) is 4.74 Å². The van der Waals surface area contributed by atoms with E-state index in [1.165, 1.54) is 11.8 Å². The number of aromatic amines is 1. The van der Waals surface area contributed by atoms with Crippen LogP contribution in [-0.2, 0) is 4.79 Å². The van der Waals surface area contributed by atoms with Crippen molar-refractivity contribution < 1.29 is 9.53 Å². The number of ether oxygens (including phenoxy) is 1. The third-order valence-electron chi connectivity index (χ3n) is 2.77. The van der Waals surface area contributed by atoms with Gasteiger partial charge in [0.1, 0.15) is 11.4 Å². The van der Waals surface area contributed by atoms with Crippen LogP contribution in [0.4, 0.5) is 5.69 Å². The van der Waals surface area contributed by atoms with Crippen LogP contribution in [0.5, 0.6) is 5.75 Å². The van der Waals surface area contributed by atoms with Gasteiger partial charge in [0.2, 0.25) is 0 Å². The minimum Gasteiger partial charge on any atom is -0.494 e. The van der Waals surface area contributed by atoms with Crippen LogP contribution in [0, 0.1) is 0 Å². The Morgan fingerprint density at radius 1 is 1.27 bits per heavy atom. The van der Waals surface area contributed by atoms with E-state index in [0.717, 1.165) is 11.3 Å². The second-order valence-corrected chi connectivity index (χ2v) is 6.31. The van der Waals surface area contributed by atoms with E-state index in [-0.39, 0.29) is 10.8 Å². The molecule has 22 heavy (non-hydrogen) atoms. The molecule has 0 aliphatic carbocycles. The van der Waals surface area contributed by atoms with Crippen molar-refractivity contribution >= 4 is 45.9 Å². The largest absolute Gasteiger partial charge is 0.494 e. The summed E-state index contributed by atoms with van der Waals surface area (Å²) in [6.07, 6.45) is 3.23. The van der Waals surface area contributed by atoms with Crippen molar-refractivity contribution in [2.45, 2.75) is 0 Å². The molecule has 0 bridgehead atoms. The van der Waals surface area contributed by atoms with Crippen LogP contribution in [-0.4, -0.2) is 23.2 Å². The summed E-state index contributed by atoms with van der Waals surface area (Å²) in [5.41, 5.74) is 0.639. The molecule has 6 nitrogen and oxygen atoms in total. The van der Waals surface area contributed by atoms with Gasteiger partial charge in [-0.15, -0.1) is 0 Å². The summed E-state index contributed by atoms with van der Waals surface area (Å²) in [5.74, 6) is 0.394. The first-order valence-corrected chi connectivity index (χ1v) is 7.90. The lowest BCUT2D eigenvalue weighted by Crippen LogP contribution is -2.19. The topological polar surface area (TPSA) is 83.5 Å². The zero-order valence-electron chi connectivity index (χ0n) is 11.5. The van der Waals surface area contributed by atoms with Crippen LogP contribution < -0.4 is 14.9 Å². The maximum atomic E-state index is 11.9. The van der Waals surface area contributed by atoms with E-state index in [9.17, 15) is 9.59 Å². The maximum Gasteiger partial charge on any atom is 0.305 e. The summed E-state index contributed by atoms with van der Waals surface area (Å²) in [6.45, 7) is 0. The second kappa shape index (κ2) is 6.20. The highest BCUT2D eigenvalue weighted by Gasteiger charge is 2.24. The number of hydrogen-bond donors (Lipinski definition) is 2. The van der Waals surface area contributed by atoms with Gasteiger partial charge in [0, 0.05) is 11.1 Å². The number of aliphatic imine (C=N–C) groups is 1. The first-order valence-electron chi connectivity index (χ1n) is 6.27. The highest BCUT2D eigenvalue weighted by Crippen LogP contribution is 2.31. The molecule has 0 unspecified atom stereocenters. The Hall–Kier alpha value is -2.32. The van der Waals surface area contributed by atoms with Gasteiger partial charge in [-0.05, 0) is 30.0 Å². The molecule has 1 aromatic carbocycles. The Bertz CT molecular complexity index is 836. The number of thioether (sulfide) groups is 1. The molecule has 2 heterocycles. The first kappa shape index (κ1) is 14.6. The fourth-order valence-corrected chi connectivity index (χ4v) is 3.34. The van der Waals surface area contributed by atoms with Gasteiger partial charge in [0.15, 0.2) is 5.17 Å². The predicted molar refractivity (Wildman–Crippen MR) is 88.7 cm³/mol. The number of para-hydroxylation sites is 2. The summed E-state index contributed by atoms with van der Waals surface area (Å²) in [4.78, 5) is 31.0. The van der Waals surface area contributed by atoms with Crippen molar-refractivity contribution in [3.63, 3.8) is 0 Å². The first-order chi connectivity index (χ1) is 10.7. The highest BCUT2D eigenvalue weighted by atomic mass is 32.2. The number of hydrogen-bond acceptors (Lipinski definition) is 6. The number of amidine groups is 1. The van der Waals surface area contributed by atoms with Gasteiger partial charge in [0.25, 0.3) is 5.91 Å². The van der Waals surface area contributed by atoms with Crippen LogP contribution in [0.2, 0.25) is 0 Å². The molecule has 1 aliphatic rings. The average molecular weight is 333 g/mol. The van der Waals surface area contributed by atoms with Gasteiger partial charge in [-0.2, -0.15) is 0 Å². The fourth-order valence-electron chi connectivity index (χ4n) is 1.81. The van der Waals surface area contributed by atoms with Crippen LogP contribution in [0.15, 0.2) is 45.2 Å². The molecule has 112 valence electrons. The van der Waals surface area contributed by atoms with Crippen molar-refractivity contribution in [2.75, 3.05) is 7.11 Å². The van der Waals surface area contributed by atoms with Gasteiger partial charge in [-0.25, -0.2) is 4.99 Å². The lowest BCUT2D eigenvalue weighted by molar-refractivity contribution is -0.115. The number of amides is 1. The number of aromatic nitrogens is 1. The zero-order chi connectivity index (χ0) is 15.5. The molecular weight excluding hydrogens is 322 g/mol. The van der Waals surface area contributed by atoms with E-state index in [1.54, 1.807) is 31.5 Å². The number of H-pyrrole nitrogens is 1. The average Bonchev–Trinajstić information content (AvgIpc) is 3.06. The van der Waals surface area contributed by atoms with Gasteiger partial charge < -0.3 is 15.0 Å². The molecule has 1 saturated heterocycles. The third kappa shape index (κ3) is 3.12. The smallest absolute Gasteiger partial charge is 0.305 e. The summed E-state index contributed by atoms with van der Waals surface area (Å²) in [7, 11) is 1.57. The monoisotopic (exact) mass is 333 g/mol. The van der Waals surface area contributed by atoms with Crippen LogP contribution in [0.1, 0.15) is 4.88 Å². The van der Waals surface area contributed by atoms with Crippen LogP contribution in [0.3, 0.4) is 0 Å². The number of carbonyl (C=O) groups excluding carboxylic acids is 1. The van der Waals surface area contributed by atoms with Gasteiger partial charge in [-0.3, -0.25) is 9.59 Å². The summed E-state index contributed by atoms with van der Waals surface area (Å²) in [6, 6.07) is 7.30. The number of benzene rings is 1. The van der Waals surface area contributed by atoms with E-state index in [1.807, 2.05) is 12.1 Å². The van der Waals surface area contributed by atoms with E-state index in [0.29, 0.717) is 26.4 Å². The summed E-state index contributed by atoms with van der Waals surface area (Å²) < 4.78 is 5.23. The highest BCUT2D eigenvalue weighted by molar-refractivity contribution is 8.18. The van der Waals surface area contributed by atoms with Crippen molar-refractivity contribution in [2.24, 2.45) is 4.99 Å². The molecule has 3 rings (SSSR count). The molecule has 0 atom stereocenters. The predicted octanol–water partition coefficient (Wildman–Crippen LogP) is 2.34. The zero-order valence-corrected chi connectivity index (χ0v) is 13.1. The number of carbonyl (C=O) groups is 1. The molecule has 8 heteroatoms. The Labute approximate surface area is 133 Å². The van der Waals surface area contributed by atoms with Crippen molar-refractivity contribution in [3.05, 3.63) is 49.9 Å². The lowest BCUT2D eigenvalue weighted by Gasteiger charge is -2.03. The van der Waals surface area contributed by atoms with E-state index in [2.05, 4.69) is 15.3 Å². The van der Waals surface area contributed by atoms with E-state index < -0.39 is 0 Å². The van der Waals surface area contributed by atoms with E-state index >= 15 is 0 Å². The summed E-state index contributed by atoms with van der Waals surface area (Å²) >= 11 is 2.27. The van der Waals surface area contributed by atoms with Gasteiger partial charge in [-0.1, -0.05) is 23.5 Å². The van der Waals surface area contributed by atoms with Crippen molar-refractivity contribution in [1.82, 2.24) is 10.3 Å². The maximum absolute atomic E-state index is 11.9. The second-order valence-electron chi connectivity index (χ2n) is 4.23. The molecule has 2 N–H and O–H groups in total. The number of rotatable bonds is 3. The Balaban J connectivity index is 1.86. The molecule has 1 aliphatic heterocycles. The number of nitrogens with zero attached hydrogens (tertiary/aromatic N) is 1. The molecule has 1 fully saturated rings. The van der Waals surface area contributed by atoms with Crippen LogP contribution >= 0.6 is 23.1 Å². The van der Waals surface area contributed by atoms with Crippen molar-refractivity contribution in [1.29, 1.82) is 0 Å². The molecule has 0 spiro atoms. The summed E-state index contributed by atoms with van der Waals surface area (Å²) in [5, 5.41) is 3.17. The van der Waals surface area contributed by atoms with Crippen molar-refractivity contribution in [3.8, 4) is 5.75 Å². The standard InChI is InChI=1S/C14H11N3O3S2/c1-20-10-5-3-2-4-9(10)16-13-17-12(18)11(22-13)6-8-7-15-14(19)21-8/h2-7H,1H3,(H,15,19)(H,16,17,18). The normalized spacial score (nSPS) is 18.0. The molecule has 1 amide bonds. The Kier molecular flexibility index (Phi) is 4.12. The number of methoxy groups -OCH3 is 1. The number of nitrogens with one attached hydrogen (secondary N) is 2. The molecule has 0 saturated carbocycles. The molecular formula is C14H11N3O3S2. The quantitative estimate of drug-likeness (QED) is 0.845. The minimum atomic E-state index is -0.237. The van der Waals surface area contributed by atoms with Gasteiger partial charge in [0.05, 0.1) is 12.0 Å². The molecule has 0 radical (unpaired) electrons. The van der Waals surface area contributed by atoms with Crippen LogP contribution in [0.25, 0.3) is 6.08 Å². The Morgan fingerprint density at radius 3 is 2.82 bits per heavy atom. The third-order valence-corrected chi connectivity index (χ3v) is 4.46. The minimum absolute atomic E-state index is 0.154. The Morgan fingerprint density at radius 2 is 2.09 bits per heavy atom. The molecule has 1 aromatic heterocycles. The SMILES string of the molecule is COc1ccccc1N=C1NC(=O)C(=Cc2c[nH]c(=O)s2)S1. The number of thiazole rings is 1. The van der Waals surface area contributed by atoms with Gasteiger partial charge >= 0.3 is 4.87 Å². The lowest BCUT2D eigenvalue weighted by atomic mass is 10.3.